The molecule has 1 heterocycles. The number of hydrogen-bond donors (Lipinski definition) is 2. The minimum Gasteiger partial charge on any atom is -0.479 e. The third-order valence-electron chi connectivity index (χ3n) is 3.46. The second kappa shape index (κ2) is 5.86. The molecule has 0 bridgehead atoms. The highest BCUT2D eigenvalue weighted by atomic mass is 19.4. The standard InChI is InChI=1S/C11H18F3N3O3/c1-3-16-4-6-17(7-5-16)9(20)15-10(2,8(18)19)11(12,13)14/h3-7H2,1-2H3,(H,15,20)(H,18,19). The van der Waals surface area contributed by atoms with Gasteiger partial charge in [0.05, 0.1) is 0 Å². The zero-order valence-corrected chi connectivity index (χ0v) is 11.3. The number of alkyl halides is 3. The van der Waals surface area contributed by atoms with Crippen LogP contribution in [-0.4, -0.2) is 71.3 Å². The molecular formula is C11H18F3N3O3. The average molecular weight is 297 g/mol. The lowest BCUT2D eigenvalue weighted by Crippen LogP contribution is -2.65. The maximum Gasteiger partial charge on any atom is 0.422 e. The first kappa shape index (κ1) is 16.5. The number of likely N-dealkylation sites (N-methyl/N-ethyl adjacent to an activating group) is 1. The maximum absolute atomic E-state index is 12.8. The van der Waals surface area contributed by atoms with E-state index in [9.17, 15) is 22.8 Å². The SMILES string of the molecule is CCN1CCN(C(=O)NC(C)(C(=O)O)C(F)(F)F)CC1. The summed E-state index contributed by atoms with van der Waals surface area (Å²) >= 11 is 0. The summed E-state index contributed by atoms with van der Waals surface area (Å²) in [5.41, 5.74) is -3.29. The smallest absolute Gasteiger partial charge is 0.422 e. The number of aliphatic carboxylic acids is 1. The van der Waals surface area contributed by atoms with Gasteiger partial charge < -0.3 is 20.2 Å². The first-order valence-corrected chi connectivity index (χ1v) is 6.21. The summed E-state index contributed by atoms with van der Waals surface area (Å²) in [5.74, 6) is -2.13. The van der Waals surface area contributed by atoms with Crippen molar-refractivity contribution in [1.82, 2.24) is 15.1 Å². The van der Waals surface area contributed by atoms with Crippen molar-refractivity contribution < 1.29 is 27.9 Å². The molecule has 116 valence electrons. The molecule has 1 rings (SSSR count). The fourth-order valence-corrected chi connectivity index (χ4v) is 1.81. The Morgan fingerprint density at radius 2 is 1.70 bits per heavy atom. The summed E-state index contributed by atoms with van der Waals surface area (Å²) in [6.45, 7) is 4.83. The van der Waals surface area contributed by atoms with Gasteiger partial charge in [0.25, 0.3) is 0 Å². The van der Waals surface area contributed by atoms with Crippen LogP contribution in [0, 0.1) is 0 Å². The van der Waals surface area contributed by atoms with Gasteiger partial charge in [0.1, 0.15) is 0 Å². The van der Waals surface area contributed by atoms with E-state index in [0.717, 1.165) is 6.54 Å². The average Bonchev–Trinajstić information content (AvgIpc) is 2.37. The van der Waals surface area contributed by atoms with Crippen LogP contribution in [0.5, 0.6) is 0 Å². The molecule has 0 aromatic carbocycles. The van der Waals surface area contributed by atoms with Gasteiger partial charge >= 0.3 is 18.2 Å². The largest absolute Gasteiger partial charge is 0.479 e. The highest BCUT2D eigenvalue weighted by Crippen LogP contribution is 2.30. The minimum atomic E-state index is -5.07. The zero-order valence-electron chi connectivity index (χ0n) is 11.3. The van der Waals surface area contributed by atoms with Gasteiger partial charge in [-0.15, -0.1) is 0 Å². The van der Waals surface area contributed by atoms with Crippen molar-refractivity contribution in [2.75, 3.05) is 32.7 Å². The Balaban J connectivity index is 2.71. The van der Waals surface area contributed by atoms with Crippen molar-refractivity contribution in [2.45, 2.75) is 25.6 Å². The summed E-state index contributed by atoms with van der Waals surface area (Å²) in [4.78, 5) is 25.9. The van der Waals surface area contributed by atoms with E-state index in [0.29, 0.717) is 20.0 Å². The van der Waals surface area contributed by atoms with Gasteiger partial charge in [-0.05, 0) is 13.5 Å². The predicted molar refractivity (Wildman–Crippen MR) is 64.3 cm³/mol. The number of carbonyl (C=O) groups excluding carboxylic acids is 1. The van der Waals surface area contributed by atoms with E-state index in [1.807, 2.05) is 11.8 Å². The third kappa shape index (κ3) is 3.33. The molecule has 1 saturated heterocycles. The quantitative estimate of drug-likeness (QED) is 0.806. The first-order valence-electron chi connectivity index (χ1n) is 6.21. The highest BCUT2D eigenvalue weighted by molar-refractivity contribution is 5.86. The van der Waals surface area contributed by atoms with Gasteiger partial charge in [-0.1, -0.05) is 6.92 Å². The molecule has 0 aliphatic carbocycles. The number of rotatable bonds is 3. The van der Waals surface area contributed by atoms with Crippen LogP contribution in [0.25, 0.3) is 0 Å². The second-order valence-corrected chi connectivity index (χ2v) is 4.78. The molecular weight excluding hydrogens is 279 g/mol. The molecule has 0 spiro atoms. The second-order valence-electron chi connectivity index (χ2n) is 4.78. The lowest BCUT2D eigenvalue weighted by Gasteiger charge is -2.36. The Labute approximate surface area is 114 Å². The van der Waals surface area contributed by atoms with Crippen molar-refractivity contribution >= 4 is 12.0 Å². The molecule has 6 nitrogen and oxygen atoms in total. The van der Waals surface area contributed by atoms with Gasteiger partial charge in [-0.25, -0.2) is 9.59 Å². The number of carboxylic acids is 1. The van der Waals surface area contributed by atoms with Crippen LogP contribution >= 0.6 is 0 Å². The van der Waals surface area contributed by atoms with Gasteiger partial charge in [0.2, 0.25) is 5.54 Å². The number of hydrogen-bond acceptors (Lipinski definition) is 3. The zero-order chi connectivity index (χ0) is 15.6. The van der Waals surface area contributed by atoms with E-state index >= 15 is 0 Å². The van der Waals surface area contributed by atoms with Crippen LogP contribution in [0.3, 0.4) is 0 Å². The lowest BCUT2D eigenvalue weighted by atomic mass is 10.0. The summed E-state index contributed by atoms with van der Waals surface area (Å²) < 4.78 is 38.3. The molecule has 0 saturated carbocycles. The molecule has 0 aromatic rings. The van der Waals surface area contributed by atoms with Crippen molar-refractivity contribution in [2.24, 2.45) is 0 Å². The van der Waals surface area contributed by atoms with Crippen LogP contribution in [-0.2, 0) is 4.79 Å². The van der Waals surface area contributed by atoms with Crippen LogP contribution < -0.4 is 5.32 Å². The van der Waals surface area contributed by atoms with Gasteiger partial charge in [-0.2, -0.15) is 13.2 Å². The van der Waals surface area contributed by atoms with E-state index in [1.54, 1.807) is 5.32 Å². The molecule has 1 unspecified atom stereocenters. The fourth-order valence-electron chi connectivity index (χ4n) is 1.81. The molecule has 1 aliphatic rings. The fraction of sp³-hybridized carbons (Fsp3) is 0.818. The molecule has 1 aliphatic heterocycles. The van der Waals surface area contributed by atoms with Crippen LogP contribution in [0.4, 0.5) is 18.0 Å². The number of carboxylic acid groups (broad SMARTS) is 1. The highest BCUT2D eigenvalue weighted by Gasteiger charge is 2.58. The van der Waals surface area contributed by atoms with Crippen LogP contribution in [0.2, 0.25) is 0 Å². The molecule has 0 aromatic heterocycles. The van der Waals surface area contributed by atoms with E-state index in [-0.39, 0.29) is 13.1 Å². The molecule has 1 fully saturated rings. The molecule has 20 heavy (non-hydrogen) atoms. The normalized spacial score (nSPS) is 20.4. The van der Waals surface area contributed by atoms with Gasteiger partial charge in [0.15, 0.2) is 0 Å². The number of urea groups is 1. The number of carbonyl (C=O) groups is 2. The number of nitrogens with one attached hydrogen (secondary N) is 1. The van der Waals surface area contributed by atoms with Crippen LogP contribution in [0.15, 0.2) is 0 Å². The Kier molecular flexibility index (Phi) is 4.85. The minimum absolute atomic E-state index is 0.271. The molecule has 9 heteroatoms. The summed E-state index contributed by atoms with van der Waals surface area (Å²) in [6.07, 6.45) is -5.07. The lowest BCUT2D eigenvalue weighted by molar-refractivity contribution is -0.203. The van der Waals surface area contributed by atoms with Gasteiger partial charge in [0, 0.05) is 26.2 Å². The summed E-state index contributed by atoms with van der Waals surface area (Å²) in [5, 5.41) is 10.3. The summed E-state index contributed by atoms with van der Waals surface area (Å²) in [7, 11) is 0. The molecule has 2 N–H and O–H groups in total. The maximum atomic E-state index is 12.8. The monoisotopic (exact) mass is 297 g/mol. The van der Waals surface area contributed by atoms with E-state index in [4.69, 9.17) is 5.11 Å². The van der Waals surface area contributed by atoms with E-state index in [2.05, 4.69) is 0 Å². The first-order chi connectivity index (χ1) is 9.11. The van der Waals surface area contributed by atoms with E-state index in [1.165, 1.54) is 4.90 Å². The topological polar surface area (TPSA) is 72.9 Å². The number of amides is 2. The Hall–Kier alpha value is -1.51. The Morgan fingerprint density at radius 1 is 1.20 bits per heavy atom. The van der Waals surface area contributed by atoms with Gasteiger partial charge in [-0.3, -0.25) is 0 Å². The third-order valence-corrected chi connectivity index (χ3v) is 3.46. The number of piperazine rings is 1. The molecule has 2 amide bonds. The van der Waals surface area contributed by atoms with Crippen LogP contribution in [0.1, 0.15) is 13.8 Å². The number of halogens is 3. The van der Waals surface area contributed by atoms with Crippen molar-refractivity contribution in [3.63, 3.8) is 0 Å². The molecule has 0 radical (unpaired) electrons. The van der Waals surface area contributed by atoms with E-state index < -0.39 is 23.7 Å². The van der Waals surface area contributed by atoms with Crippen molar-refractivity contribution in [1.29, 1.82) is 0 Å². The Bertz CT molecular complexity index is 381. The number of nitrogens with zero attached hydrogens (tertiary/aromatic N) is 2. The van der Waals surface area contributed by atoms with Crippen molar-refractivity contribution in [3.05, 3.63) is 0 Å². The van der Waals surface area contributed by atoms with Crippen molar-refractivity contribution in [3.8, 4) is 0 Å². The molecule has 1 atom stereocenters. The predicted octanol–water partition coefficient (Wildman–Crippen LogP) is 0.739. The summed E-state index contributed by atoms with van der Waals surface area (Å²) in [6, 6.07) is -1.01. The Morgan fingerprint density at radius 3 is 2.05 bits per heavy atom.